The lowest BCUT2D eigenvalue weighted by Gasteiger charge is -2.43. The summed E-state index contributed by atoms with van der Waals surface area (Å²) >= 11 is 0. The van der Waals surface area contributed by atoms with Crippen molar-refractivity contribution in [1.29, 1.82) is 0 Å². The fourth-order valence-electron chi connectivity index (χ4n) is 6.05. The Hall–Kier alpha value is -3.71. The number of aromatic hydroxyl groups is 4. The molecule has 0 amide bonds. The van der Waals surface area contributed by atoms with Gasteiger partial charge in [-0.1, -0.05) is 0 Å². The van der Waals surface area contributed by atoms with Crippen LogP contribution in [0.3, 0.4) is 0 Å². The summed E-state index contributed by atoms with van der Waals surface area (Å²) in [4.78, 5) is 0. The highest BCUT2D eigenvalue weighted by atomic mass is 16.7. The maximum absolute atomic E-state index is 11.3. The van der Waals surface area contributed by atoms with Gasteiger partial charge in [-0.15, -0.1) is 0 Å². The maximum Gasteiger partial charge on any atom is 0.402 e. The zero-order valence-corrected chi connectivity index (χ0v) is 26.8. The Bertz CT molecular complexity index is 1710. The van der Waals surface area contributed by atoms with Crippen molar-refractivity contribution in [3.05, 3.63) is 36.4 Å². The van der Waals surface area contributed by atoms with Crippen LogP contribution in [0, 0.1) is 0 Å². The lowest BCUT2D eigenvalue weighted by molar-refractivity contribution is -0.326. The van der Waals surface area contributed by atoms with Crippen LogP contribution in [0.4, 0.5) is 0 Å². The van der Waals surface area contributed by atoms with Crippen molar-refractivity contribution in [3.8, 4) is 40.1 Å². The molecule has 2 aromatic carbocycles. The summed E-state index contributed by atoms with van der Waals surface area (Å²) in [5.74, 6) is -2.28. The van der Waals surface area contributed by atoms with E-state index >= 15 is 0 Å². The van der Waals surface area contributed by atoms with Crippen molar-refractivity contribution in [2.75, 3.05) is 19.8 Å². The summed E-state index contributed by atoms with van der Waals surface area (Å²) < 4.78 is 39.9. The Labute approximate surface area is 292 Å². The minimum absolute atomic E-state index is 0.00126. The third-order valence-electron chi connectivity index (χ3n) is 9.00. The van der Waals surface area contributed by atoms with Crippen LogP contribution in [-0.4, -0.2) is 172 Å². The Kier molecular flexibility index (Phi) is 11.2. The van der Waals surface area contributed by atoms with Crippen LogP contribution in [0.15, 0.2) is 40.8 Å². The second-order valence-electron chi connectivity index (χ2n) is 12.5. The highest BCUT2D eigenvalue weighted by Crippen LogP contribution is 2.42. The molecule has 1 unspecified atom stereocenters. The molecule has 20 heteroatoms. The van der Waals surface area contributed by atoms with Gasteiger partial charge in [0.15, 0.2) is 24.1 Å². The van der Waals surface area contributed by atoms with E-state index in [9.17, 15) is 66.4 Å². The fraction of sp³-hybridized carbons (Fsp3) is 0.531. The lowest BCUT2D eigenvalue weighted by Crippen LogP contribution is -2.63. The topological polar surface area (TPSA) is 330 Å². The van der Waals surface area contributed by atoms with Gasteiger partial charge in [0.05, 0.1) is 31.5 Å². The van der Waals surface area contributed by atoms with E-state index < -0.39 is 123 Å². The van der Waals surface area contributed by atoms with Crippen LogP contribution < -0.4 is 4.74 Å². The van der Waals surface area contributed by atoms with Gasteiger partial charge in [-0.3, -0.25) is 0 Å². The predicted octanol–water partition coefficient (Wildman–Crippen LogP) is -3.33. The molecule has 3 aromatic rings. The normalized spacial score (nSPS) is 36.6. The third-order valence-corrected chi connectivity index (χ3v) is 9.00. The average molecular weight is 744 g/mol. The molecule has 0 radical (unpaired) electrons. The van der Waals surface area contributed by atoms with E-state index in [1.165, 1.54) is 18.2 Å². The summed E-state index contributed by atoms with van der Waals surface area (Å²) in [5, 5.41) is 133. The van der Waals surface area contributed by atoms with E-state index in [1.54, 1.807) is 0 Å². The average Bonchev–Trinajstić information content (AvgIpc) is 3.35. The molecule has 6 rings (SSSR count). The van der Waals surface area contributed by atoms with Crippen LogP contribution in [-0.2, 0) is 23.7 Å². The number of aliphatic hydroxyl groups is 9. The fourth-order valence-corrected chi connectivity index (χ4v) is 6.05. The van der Waals surface area contributed by atoms with E-state index in [0.29, 0.717) is 0 Å². The van der Waals surface area contributed by atoms with Gasteiger partial charge in [0.1, 0.15) is 84.0 Å². The molecule has 1 aromatic heterocycles. The monoisotopic (exact) mass is 743 g/mol. The maximum atomic E-state index is 11.3. The highest BCUT2D eigenvalue weighted by Gasteiger charge is 2.51. The molecule has 3 fully saturated rings. The van der Waals surface area contributed by atoms with Crippen LogP contribution in [0.2, 0.25) is 0 Å². The Balaban J connectivity index is 1.33. The van der Waals surface area contributed by atoms with Crippen molar-refractivity contribution in [2.45, 2.75) is 86.0 Å². The molecule has 52 heavy (non-hydrogen) atoms. The summed E-state index contributed by atoms with van der Waals surface area (Å²) in [6.07, 6.45) is -23.3. The summed E-state index contributed by atoms with van der Waals surface area (Å²) in [7, 11) is 0. The molecule has 13 N–H and O–H groups in total. The Morgan fingerprint density at radius 1 is 0.596 bits per heavy atom. The van der Waals surface area contributed by atoms with Gasteiger partial charge in [-0.2, -0.15) is 0 Å². The van der Waals surface area contributed by atoms with E-state index in [2.05, 4.69) is 0 Å². The zero-order chi connectivity index (χ0) is 37.6. The van der Waals surface area contributed by atoms with Gasteiger partial charge in [0, 0.05) is 18.2 Å². The molecule has 3 aliphatic heterocycles. The number of fused-ring (bicyclic) bond motifs is 1. The van der Waals surface area contributed by atoms with Gasteiger partial charge < -0.3 is 94.8 Å². The third kappa shape index (κ3) is 7.40. The number of benzene rings is 2. The minimum atomic E-state index is -1.89. The van der Waals surface area contributed by atoms with Gasteiger partial charge in [-0.25, -0.2) is 4.42 Å². The van der Waals surface area contributed by atoms with Gasteiger partial charge in [0.2, 0.25) is 12.0 Å². The molecule has 286 valence electrons. The molecular weight excluding hydrogens is 704 g/mol. The number of rotatable bonds is 10. The first-order chi connectivity index (χ1) is 24.7. The zero-order valence-electron chi connectivity index (χ0n) is 26.8. The lowest BCUT2D eigenvalue weighted by atomic mass is 9.98. The van der Waals surface area contributed by atoms with E-state index in [4.69, 9.17) is 32.8 Å². The standard InChI is InChI=1S/C32H38O20/c33-7-18-21(38)24(41)27(44)31(51-18)47-9-20-22(39)25(42)29(46-8-19-23(40)26(43)30(45)49-19)32(52-20)50-17-6-12-14(36)4-11(34)5-16(12)48-28(17)10-1-2-13(35)15(37)3-10/h1-6,18-27,29-33,38-45H,7-9H2,(H3-,34,35,36,37)/p+1/t18-,19?,20-,21-,22+,23+,24+,25+,26-,27-,29-,30-,31-,32-/m1/s1. The molecule has 20 nitrogen and oxygen atoms in total. The van der Waals surface area contributed by atoms with Gasteiger partial charge in [-0.05, 0) is 12.1 Å². The first-order valence-electron chi connectivity index (χ1n) is 15.9. The molecule has 0 saturated carbocycles. The SMILES string of the molecule is OC[C@H]1O[C@@H](OC[C@H]2O[C@@H](Oc3cc4c(O)cc(O)cc4[o+]c3-c3ccc(O)c(O)c3)[C@H](OCC3O[C@@H](O)[C@H](O)[C@H]3O)[C@@H](O)[C@H]2O)[C@H](O)[C@@H](O)[C@@H]1O. The van der Waals surface area contributed by atoms with Crippen LogP contribution in [0.5, 0.6) is 28.7 Å². The molecule has 0 aliphatic carbocycles. The van der Waals surface area contributed by atoms with Gasteiger partial charge >= 0.3 is 11.3 Å². The second-order valence-corrected chi connectivity index (χ2v) is 12.5. The second kappa shape index (κ2) is 15.3. The van der Waals surface area contributed by atoms with Crippen LogP contribution in [0.25, 0.3) is 22.3 Å². The van der Waals surface area contributed by atoms with Crippen molar-refractivity contribution < 1.29 is 99.2 Å². The largest absolute Gasteiger partial charge is 0.507 e. The molecule has 3 aliphatic rings. The Morgan fingerprint density at radius 3 is 1.92 bits per heavy atom. The molecule has 14 atom stereocenters. The molecule has 4 heterocycles. The molecule has 0 bridgehead atoms. The van der Waals surface area contributed by atoms with E-state index in [1.807, 2.05) is 0 Å². The van der Waals surface area contributed by atoms with Crippen molar-refractivity contribution in [2.24, 2.45) is 0 Å². The quantitative estimate of drug-likeness (QED) is 0.0713. The van der Waals surface area contributed by atoms with E-state index in [0.717, 1.165) is 18.2 Å². The van der Waals surface area contributed by atoms with Crippen LogP contribution >= 0.6 is 0 Å². The minimum Gasteiger partial charge on any atom is -0.507 e. The van der Waals surface area contributed by atoms with Crippen molar-refractivity contribution in [1.82, 2.24) is 0 Å². The van der Waals surface area contributed by atoms with E-state index in [-0.39, 0.29) is 33.8 Å². The number of aliphatic hydroxyl groups excluding tert-OH is 9. The first-order valence-corrected chi connectivity index (χ1v) is 15.9. The number of phenolic OH excluding ortho intramolecular Hbond substituents is 4. The summed E-state index contributed by atoms with van der Waals surface area (Å²) in [5.41, 5.74) is 0.0346. The number of hydrogen-bond acceptors (Lipinski definition) is 19. The number of ether oxygens (including phenoxy) is 6. The molecule has 3 saturated heterocycles. The number of phenols is 4. The predicted molar refractivity (Wildman–Crippen MR) is 166 cm³/mol. The summed E-state index contributed by atoms with van der Waals surface area (Å²) in [6.45, 7) is -2.02. The van der Waals surface area contributed by atoms with Crippen molar-refractivity contribution in [3.63, 3.8) is 0 Å². The smallest absolute Gasteiger partial charge is 0.402 e. The number of hydrogen-bond donors (Lipinski definition) is 13. The summed E-state index contributed by atoms with van der Waals surface area (Å²) in [6, 6.07) is 7.01. The van der Waals surface area contributed by atoms with Crippen LogP contribution in [0.1, 0.15) is 0 Å². The molecule has 0 spiro atoms. The first kappa shape index (κ1) is 38.0. The van der Waals surface area contributed by atoms with Crippen molar-refractivity contribution >= 4 is 11.0 Å². The Morgan fingerprint density at radius 2 is 1.25 bits per heavy atom. The highest BCUT2D eigenvalue weighted by molar-refractivity contribution is 5.88. The van der Waals surface area contributed by atoms with Gasteiger partial charge in [0.25, 0.3) is 0 Å². The molecular formula is C32H39O20+.